The van der Waals surface area contributed by atoms with Crippen LogP contribution < -0.4 is 15.4 Å². The van der Waals surface area contributed by atoms with E-state index in [1.807, 2.05) is 36.2 Å². The Balaban J connectivity index is 2.17. The molecule has 5 heteroatoms. The van der Waals surface area contributed by atoms with Crippen LogP contribution in [0.3, 0.4) is 0 Å². The van der Waals surface area contributed by atoms with Gasteiger partial charge in [0.25, 0.3) is 0 Å². The lowest BCUT2D eigenvalue weighted by Crippen LogP contribution is -2.18. The van der Waals surface area contributed by atoms with Crippen molar-refractivity contribution in [1.82, 2.24) is 4.98 Å². The van der Waals surface area contributed by atoms with E-state index in [1.165, 1.54) is 0 Å². The lowest BCUT2D eigenvalue weighted by Gasteiger charge is -2.19. The normalized spacial score (nSPS) is 10.3. The summed E-state index contributed by atoms with van der Waals surface area (Å²) in [5.74, 6) is 1.58. The summed E-state index contributed by atoms with van der Waals surface area (Å²) in [4.78, 5) is 6.24. The van der Waals surface area contributed by atoms with Gasteiger partial charge in [0.15, 0.2) is 0 Å². The van der Waals surface area contributed by atoms with Crippen molar-refractivity contribution in [3.63, 3.8) is 0 Å². The second kappa shape index (κ2) is 5.80. The van der Waals surface area contributed by atoms with Crippen LogP contribution in [-0.2, 0) is 6.54 Å². The number of methoxy groups -OCH3 is 1. The molecule has 2 aromatic rings. The van der Waals surface area contributed by atoms with Gasteiger partial charge in [0.2, 0.25) is 0 Å². The molecular weight excluding hydrogens is 262 g/mol. The Labute approximate surface area is 117 Å². The van der Waals surface area contributed by atoms with E-state index in [9.17, 15) is 0 Å². The Morgan fingerprint density at radius 3 is 2.79 bits per heavy atom. The number of nitrogen functional groups attached to an aromatic ring is 1. The Kier molecular flexibility index (Phi) is 4.12. The van der Waals surface area contributed by atoms with Gasteiger partial charge >= 0.3 is 0 Å². The molecule has 0 saturated carbocycles. The summed E-state index contributed by atoms with van der Waals surface area (Å²) in [5, 5.41) is 0.396. The fraction of sp³-hybridized carbons (Fsp3) is 0.214. The summed E-state index contributed by atoms with van der Waals surface area (Å²) < 4.78 is 5.21. The summed E-state index contributed by atoms with van der Waals surface area (Å²) >= 11 is 5.91. The van der Waals surface area contributed by atoms with Gasteiger partial charge in [-0.3, -0.25) is 0 Å². The molecule has 0 unspecified atom stereocenters. The van der Waals surface area contributed by atoms with Crippen LogP contribution in [0.2, 0.25) is 5.15 Å². The predicted octanol–water partition coefficient (Wildman–Crippen LogP) is 2.96. The second-order valence-electron chi connectivity index (χ2n) is 4.29. The molecule has 0 radical (unpaired) electrons. The highest BCUT2D eigenvalue weighted by atomic mass is 35.5. The van der Waals surface area contributed by atoms with E-state index in [0.29, 0.717) is 17.4 Å². The molecule has 0 amide bonds. The number of ether oxygens (including phenoxy) is 1. The molecule has 2 N–H and O–H groups in total. The molecule has 100 valence electrons. The highest BCUT2D eigenvalue weighted by Crippen LogP contribution is 2.21. The van der Waals surface area contributed by atoms with E-state index >= 15 is 0 Å². The average Bonchev–Trinajstić information content (AvgIpc) is 2.37. The quantitative estimate of drug-likeness (QED) is 0.873. The Bertz CT molecular complexity index is 554. The maximum Gasteiger partial charge on any atom is 0.133 e. The van der Waals surface area contributed by atoms with Crippen LogP contribution >= 0.6 is 11.6 Å². The van der Waals surface area contributed by atoms with Gasteiger partial charge < -0.3 is 15.4 Å². The molecule has 2 rings (SSSR count). The molecule has 0 saturated heterocycles. The van der Waals surface area contributed by atoms with Crippen molar-refractivity contribution < 1.29 is 4.74 Å². The van der Waals surface area contributed by atoms with E-state index in [2.05, 4.69) is 4.98 Å². The van der Waals surface area contributed by atoms with Crippen LogP contribution in [0.1, 0.15) is 5.56 Å². The molecule has 0 atom stereocenters. The maximum absolute atomic E-state index is 5.91. The van der Waals surface area contributed by atoms with Gasteiger partial charge in [-0.25, -0.2) is 4.98 Å². The highest BCUT2D eigenvalue weighted by molar-refractivity contribution is 6.29. The van der Waals surface area contributed by atoms with Crippen molar-refractivity contribution in [2.75, 3.05) is 24.8 Å². The van der Waals surface area contributed by atoms with E-state index in [1.54, 1.807) is 19.2 Å². The van der Waals surface area contributed by atoms with E-state index in [-0.39, 0.29) is 0 Å². The topological polar surface area (TPSA) is 51.4 Å². The maximum atomic E-state index is 5.91. The number of aromatic nitrogens is 1. The first-order valence-electron chi connectivity index (χ1n) is 5.85. The van der Waals surface area contributed by atoms with Gasteiger partial charge in [-0.1, -0.05) is 23.7 Å². The summed E-state index contributed by atoms with van der Waals surface area (Å²) in [6, 6.07) is 11.3. The monoisotopic (exact) mass is 277 g/mol. The van der Waals surface area contributed by atoms with Gasteiger partial charge in [-0.2, -0.15) is 0 Å². The van der Waals surface area contributed by atoms with Crippen LogP contribution in [0, 0.1) is 0 Å². The molecule has 0 spiro atoms. The lowest BCUT2D eigenvalue weighted by atomic mass is 10.2. The van der Waals surface area contributed by atoms with E-state index in [4.69, 9.17) is 22.1 Å². The smallest absolute Gasteiger partial charge is 0.133 e. The number of hydrogen-bond donors (Lipinski definition) is 1. The minimum atomic E-state index is 0.396. The summed E-state index contributed by atoms with van der Waals surface area (Å²) in [7, 11) is 3.60. The van der Waals surface area contributed by atoms with E-state index < -0.39 is 0 Å². The molecule has 0 fully saturated rings. The van der Waals surface area contributed by atoms with Crippen molar-refractivity contribution in [2.24, 2.45) is 0 Å². The van der Waals surface area contributed by atoms with Gasteiger partial charge in [-0.15, -0.1) is 0 Å². The number of nitrogens with two attached hydrogens (primary N) is 1. The van der Waals surface area contributed by atoms with Crippen LogP contribution in [0.4, 0.5) is 11.5 Å². The summed E-state index contributed by atoms with van der Waals surface area (Å²) in [6.45, 7) is 0.698. The molecule has 4 nitrogen and oxygen atoms in total. The fourth-order valence-electron chi connectivity index (χ4n) is 1.82. The third-order valence-electron chi connectivity index (χ3n) is 2.75. The summed E-state index contributed by atoms with van der Waals surface area (Å²) in [6.07, 6.45) is 0. The van der Waals surface area contributed by atoms with Crippen molar-refractivity contribution >= 4 is 23.1 Å². The number of anilines is 2. The van der Waals surface area contributed by atoms with E-state index in [0.717, 1.165) is 17.1 Å². The van der Waals surface area contributed by atoms with Crippen LogP contribution in [0.25, 0.3) is 0 Å². The number of rotatable bonds is 4. The third kappa shape index (κ3) is 3.51. The third-order valence-corrected chi connectivity index (χ3v) is 2.94. The van der Waals surface area contributed by atoms with Crippen LogP contribution in [0.15, 0.2) is 36.4 Å². The second-order valence-corrected chi connectivity index (χ2v) is 4.68. The highest BCUT2D eigenvalue weighted by Gasteiger charge is 2.06. The summed E-state index contributed by atoms with van der Waals surface area (Å²) in [5.41, 5.74) is 7.50. The number of hydrogen-bond acceptors (Lipinski definition) is 4. The zero-order valence-electron chi connectivity index (χ0n) is 10.9. The lowest BCUT2D eigenvalue weighted by molar-refractivity contribution is 0.414. The molecular formula is C14H16ClN3O. The zero-order valence-corrected chi connectivity index (χ0v) is 11.7. The SMILES string of the molecule is COc1cccc(CN(C)c2cc(N)cc(Cl)n2)c1. The molecule has 1 heterocycles. The van der Waals surface area contributed by atoms with Crippen molar-refractivity contribution in [2.45, 2.75) is 6.54 Å². The molecule has 0 aliphatic rings. The van der Waals surface area contributed by atoms with Crippen LogP contribution in [0.5, 0.6) is 5.75 Å². The fourth-order valence-corrected chi connectivity index (χ4v) is 2.04. The van der Waals surface area contributed by atoms with Crippen molar-refractivity contribution in [3.8, 4) is 5.75 Å². The van der Waals surface area contributed by atoms with Crippen LogP contribution in [-0.4, -0.2) is 19.1 Å². The largest absolute Gasteiger partial charge is 0.497 e. The minimum absolute atomic E-state index is 0.396. The molecule has 1 aromatic heterocycles. The first kappa shape index (κ1) is 13.5. The number of pyridine rings is 1. The Morgan fingerprint density at radius 1 is 1.32 bits per heavy atom. The molecule has 0 bridgehead atoms. The first-order valence-corrected chi connectivity index (χ1v) is 6.23. The molecule has 19 heavy (non-hydrogen) atoms. The predicted molar refractivity (Wildman–Crippen MR) is 78.8 cm³/mol. The van der Waals surface area contributed by atoms with Gasteiger partial charge in [-0.05, 0) is 23.8 Å². The standard InChI is InChI=1S/C14H16ClN3O/c1-18(14-8-11(16)7-13(15)17-14)9-10-4-3-5-12(6-10)19-2/h3-8H,9H2,1-2H3,(H2,16,17). The number of benzene rings is 1. The molecule has 0 aliphatic carbocycles. The number of nitrogens with zero attached hydrogens (tertiary/aromatic N) is 2. The van der Waals surface area contributed by atoms with Gasteiger partial charge in [0.1, 0.15) is 16.7 Å². The van der Waals surface area contributed by atoms with Gasteiger partial charge in [0.05, 0.1) is 7.11 Å². The molecule has 0 aliphatic heterocycles. The van der Waals surface area contributed by atoms with Crippen molar-refractivity contribution in [3.05, 3.63) is 47.1 Å². The minimum Gasteiger partial charge on any atom is -0.497 e. The van der Waals surface area contributed by atoms with Gasteiger partial charge in [0, 0.05) is 25.3 Å². The molecule has 1 aromatic carbocycles. The Hall–Kier alpha value is -1.94. The number of halogens is 1. The average molecular weight is 278 g/mol. The first-order chi connectivity index (χ1) is 9.08. The zero-order chi connectivity index (χ0) is 13.8. The van der Waals surface area contributed by atoms with Crippen molar-refractivity contribution in [1.29, 1.82) is 0 Å². The Morgan fingerprint density at radius 2 is 2.11 bits per heavy atom.